The zero-order valence-electron chi connectivity index (χ0n) is 12.3. The molecule has 1 N–H and O–H groups in total. The predicted molar refractivity (Wildman–Crippen MR) is 74.5 cm³/mol. The minimum absolute atomic E-state index is 0.0669. The van der Waals surface area contributed by atoms with Crippen molar-refractivity contribution in [2.75, 3.05) is 6.54 Å². The van der Waals surface area contributed by atoms with Crippen molar-refractivity contribution >= 4 is 11.8 Å². The van der Waals surface area contributed by atoms with Crippen LogP contribution >= 0.6 is 0 Å². The molecule has 4 heteroatoms. The SMILES string of the molecule is CCCCCN1C(=O)C(C(C)C)NC(=O)C1C1CC1. The van der Waals surface area contributed by atoms with Crippen molar-refractivity contribution in [3.05, 3.63) is 0 Å². The second-order valence-corrected chi connectivity index (χ2v) is 6.25. The van der Waals surface area contributed by atoms with Crippen LogP contribution < -0.4 is 5.32 Å². The highest BCUT2D eigenvalue weighted by Gasteiger charge is 2.48. The lowest BCUT2D eigenvalue weighted by Gasteiger charge is -2.40. The second kappa shape index (κ2) is 5.93. The first-order valence-electron chi connectivity index (χ1n) is 7.67. The maximum atomic E-state index is 12.6. The summed E-state index contributed by atoms with van der Waals surface area (Å²) in [7, 11) is 0. The average Bonchev–Trinajstić information content (AvgIpc) is 3.17. The third-order valence-electron chi connectivity index (χ3n) is 4.19. The van der Waals surface area contributed by atoms with Crippen molar-refractivity contribution in [2.45, 2.75) is 65.0 Å². The van der Waals surface area contributed by atoms with Gasteiger partial charge in [0.1, 0.15) is 12.1 Å². The topological polar surface area (TPSA) is 49.4 Å². The molecule has 2 amide bonds. The molecule has 2 aliphatic rings. The van der Waals surface area contributed by atoms with Crippen LogP contribution in [0, 0.1) is 11.8 Å². The summed E-state index contributed by atoms with van der Waals surface area (Å²) in [5, 5.41) is 2.93. The minimum atomic E-state index is -0.330. The Morgan fingerprint density at radius 2 is 1.95 bits per heavy atom. The number of hydrogen-bond acceptors (Lipinski definition) is 2. The molecule has 19 heavy (non-hydrogen) atoms. The van der Waals surface area contributed by atoms with Gasteiger partial charge in [0.15, 0.2) is 0 Å². The van der Waals surface area contributed by atoms with Gasteiger partial charge in [0, 0.05) is 6.54 Å². The number of unbranched alkanes of at least 4 members (excludes halogenated alkanes) is 2. The van der Waals surface area contributed by atoms with E-state index >= 15 is 0 Å². The lowest BCUT2D eigenvalue weighted by atomic mass is 9.95. The molecule has 108 valence electrons. The number of carbonyl (C=O) groups is 2. The van der Waals surface area contributed by atoms with Gasteiger partial charge in [-0.2, -0.15) is 0 Å². The molecule has 0 aromatic rings. The molecule has 0 bridgehead atoms. The van der Waals surface area contributed by atoms with Gasteiger partial charge in [0.05, 0.1) is 0 Å². The van der Waals surface area contributed by atoms with E-state index in [1.807, 2.05) is 18.7 Å². The van der Waals surface area contributed by atoms with Crippen LogP contribution in [-0.2, 0) is 9.59 Å². The quantitative estimate of drug-likeness (QED) is 0.747. The third kappa shape index (κ3) is 3.10. The standard InChI is InChI=1S/C15H26N2O2/c1-4-5-6-9-17-13(11-7-8-11)14(18)16-12(10(2)3)15(17)19/h10-13H,4-9H2,1-3H3,(H,16,18). The van der Waals surface area contributed by atoms with Crippen LogP contribution in [0.5, 0.6) is 0 Å². The van der Waals surface area contributed by atoms with Crippen molar-refractivity contribution in [1.82, 2.24) is 10.2 Å². The summed E-state index contributed by atoms with van der Waals surface area (Å²) < 4.78 is 0. The lowest BCUT2D eigenvalue weighted by molar-refractivity contribution is -0.151. The van der Waals surface area contributed by atoms with Crippen molar-refractivity contribution < 1.29 is 9.59 Å². The van der Waals surface area contributed by atoms with Gasteiger partial charge >= 0.3 is 0 Å². The van der Waals surface area contributed by atoms with E-state index < -0.39 is 0 Å². The molecule has 1 heterocycles. The maximum Gasteiger partial charge on any atom is 0.246 e. The number of amides is 2. The number of piperazine rings is 1. The van der Waals surface area contributed by atoms with Crippen LogP contribution in [0.3, 0.4) is 0 Å². The van der Waals surface area contributed by atoms with E-state index in [9.17, 15) is 9.59 Å². The van der Waals surface area contributed by atoms with E-state index in [0.717, 1.165) is 38.6 Å². The number of hydrogen-bond donors (Lipinski definition) is 1. The van der Waals surface area contributed by atoms with Crippen molar-refractivity contribution in [3.8, 4) is 0 Å². The van der Waals surface area contributed by atoms with Gasteiger partial charge in [0.25, 0.3) is 0 Å². The molecule has 0 aromatic heterocycles. The van der Waals surface area contributed by atoms with Crippen LogP contribution in [0.15, 0.2) is 0 Å². The largest absolute Gasteiger partial charge is 0.342 e. The zero-order valence-corrected chi connectivity index (χ0v) is 12.3. The van der Waals surface area contributed by atoms with Crippen LogP contribution in [0.4, 0.5) is 0 Å². The van der Waals surface area contributed by atoms with Crippen molar-refractivity contribution in [1.29, 1.82) is 0 Å². The van der Waals surface area contributed by atoms with Crippen LogP contribution in [0.25, 0.3) is 0 Å². The fraction of sp³-hybridized carbons (Fsp3) is 0.867. The van der Waals surface area contributed by atoms with E-state index in [1.165, 1.54) is 0 Å². The molecule has 2 unspecified atom stereocenters. The van der Waals surface area contributed by atoms with E-state index in [2.05, 4.69) is 12.2 Å². The molecule has 0 spiro atoms. The van der Waals surface area contributed by atoms with Crippen molar-refractivity contribution in [3.63, 3.8) is 0 Å². The summed E-state index contributed by atoms with van der Waals surface area (Å²) in [6.07, 6.45) is 5.43. The molecule has 4 nitrogen and oxygen atoms in total. The van der Waals surface area contributed by atoms with Gasteiger partial charge in [0.2, 0.25) is 11.8 Å². The molecule has 1 aliphatic carbocycles. The van der Waals surface area contributed by atoms with Gasteiger partial charge in [-0.3, -0.25) is 9.59 Å². The highest BCUT2D eigenvalue weighted by molar-refractivity contribution is 5.97. The number of carbonyl (C=O) groups excluding carboxylic acids is 2. The lowest BCUT2D eigenvalue weighted by Crippen LogP contribution is -2.65. The molecule has 2 fully saturated rings. The molecule has 0 radical (unpaired) electrons. The Labute approximate surface area is 115 Å². The van der Waals surface area contributed by atoms with Crippen LogP contribution in [0.2, 0.25) is 0 Å². The normalized spacial score (nSPS) is 27.9. The highest BCUT2D eigenvalue weighted by Crippen LogP contribution is 2.37. The minimum Gasteiger partial charge on any atom is -0.342 e. The molecule has 2 atom stereocenters. The predicted octanol–water partition coefficient (Wildman–Crippen LogP) is 1.94. The summed E-state index contributed by atoms with van der Waals surface area (Å²) in [6.45, 7) is 6.87. The first-order chi connectivity index (χ1) is 9.06. The molecule has 1 saturated carbocycles. The Hall–Kier alpha value is -1.06. The second-order valence-electron chi connectivity index (χ2n) is 6.25. The first-order valence-corrected chi connectivity index (χ1v) is 7.67. The fourth-order valence-electron chi connectivity index (χ4n) is 2.87. The van der Waals surface area contributed by atoms with E-state index in [0.29, 0.717) is 5.92 Å². The molecule has 1 saturated heterocycles. The Morgan fingerprint density at radius 3 is 2.47 bits per heavy atom. The van der Waals surface area contributed by atoms with Gasteiger partial charge in [-0.25, -0.2) is 0 Å². The van der Waals surface area contributed by atoms with E-state index in [4.69, 9.17) is 0 Å². The Morgan fingerprint density at radius 1 is 1.26 bits per heavy atom. The molecular weight excluding hydrogens is 240 g/mol. The third-order valence-corrected chi connectivity index (χ3v) is 4.19. The summed E-state index contributed by atoms with van der Waals surface area (Å²) in [5.74, 6) is 0.754. The van der Waals surface area contributed by atoms with E-state index in [1.54, 1.807) is 0 Å². The summed E-state index contributed by atoms with van der Waals surface area (Å²) in [6, 6.07) is -0.525. The molecular formula is C15H26N2O2. The molecule has 2 rings (SSSR count). The maximum absolute atomic E-state index is 12.6. The van der Waals surface area contributed by atoms with Gasteiger partial charge in [-0.05, 0) is 31.1 Å². The van der Waals surface area contributed by atoms with Crippen molar-refractivity contribution in [2.24, 2.45) is 11.8 Å². The fourth-order valence-corrected chi connectivity index (χ4v) is 2.87. The van der Waals surface area contributed by atoms with E-state index in [-0.39, 0.29) is 29.8 Å². The van der Waals surface area contributed by atoms with Crippen LogP contribution in [0.1, 0.15) is 52.9 Å². The molecule has 0 aromatic carbocycles. The Bertz CT molecular complexity index is 350. The number of rotatable bonds is 6. The molecule has 1 aliphatic heterocycles. The van der Waals surface area contributed by atoms with Gasteiger partial charge in [-0.15, -0.1) is 0 Å². The van der Waals surface area contributed by atoms with Crippen LogP contribution in [-0.4, -0.2) is 35.3 Å². The van der Waals surface area contributed by atoms with Gasteiger partial charge < -0.3 is 10.2 Å². The monoisotopic (exact) mass is 266 g/mol. The number of nitrogens with one attached hydrogen (secondary N) is 1. The van der Waals surface area contributed by atoms with Gasteiger partial charge in [-0.1, -0.05) is 33.6 Å². The average molecular weight is 266 g/mol. The number of nitrogens with zero attached hydrogens (tertiary/aromatic N) is 1. The highest BCUT2D eigenvalue weighted by atomic mass is 16.2. The summed E-state index contributed by atoms with van der Waals surface area (Å²) in [5.41, 5.74) is 0. The first kappa shape index (κ1) is 14.4. The Balaban J connectivity index is 2.09. The smallest absolute Gasteiger partial charge is 0.246 e. The Kier molecular flexibility index (Phi) is 4.48. The summed E-state index contributed by atoms with van der Waals surface area (Å²) in [4.78, 5) is 26.7. The zero-order chi connectivity index (χ0) is 14.0. The summed E-state index contributed by atoms with van der Waals surface area (Å²) >= 11 is 0.